The normalized spacial score (nSPS) is 10.8. The first-order valence-electron chi connectivity index (χ1n) is 6.99. The molecule has 21 heavy (non-hydrogen) atoms. The second-order valence-electron chi connectivity index (χ2n) is 4.94. The molecule has 0 saturated carbocycles. The number of fused-ring (bicyclic) bond motifs is 1. The minimum atomic E-state index is 0.779. The molecule has 3 nitrogen and oxygen atoms in total. The van der Waals surface area contributed by atoms with Gasteiger partial charge in [0, 0.05) is 17.5 Å². The topological polar surface area (TPSA) is 34.1 Å². The first-order valence-corrected chi connectivity index (χ1v) is 6.99. The predicted molar refractivity (Wildman–Crippen MR) is 86.5 cm³/mol. The molecule has 3 rings (SSSR count). The average molecular weight is 278 g/mol. The number of pyridine rings is 1. The van der Waals surface area contributed by atoms with Crippen molar-refractivity contribution in [2.45, 2.75) is 6.54 Å². The highest BCUT2D eigenvalue weighted by Gasteiger charge is 2.08. The average Bonchev–Trinajstić information content (AvgIpc) is 2.54. The standard InChI is InChI=1S/C18H18N2O/c1-19-12-14-11-15(21-2)8-9-16(14)18-10-7-13-5-3-4-6-17(13)20-18/h3-11,19H,12H2,1-2H3. The van der Waals surface area contributed by atoms with Crippen LogP contribution in [0, 0.1) is 0 Å². The highest BCUT2D eigenvalue weighted by molar-refractivity contribution is 5.82. The van der Waals surface area contributed by atoms with E-state index in [0.29, 0.717) is 0 Å². The Labute approximate surface area is 124 Å². The van der Waals surface area contributed by atoms with Crippen LogP contribution in [0.4, 0.5) is 0 Å². The van der Waals surface area contributed by atoms with Crippen LogP contribution in [0.3, 0.4) is 0 Å². The summed E-state index contributed by atoms with van der Waals surface area (Å²) in [7, 11) is 3.63. The van der Waals surface area contributed by atoms with Crippen molar-refractivity contribution < 1.29 is 4.74 Å². The third-order valence-corrected chi connectivity index (χ3v) is 3.55. The van der Waals surface area contributed by atoms with Crippen molar-refractivity contribution in [2.24, 2.45) is 0 Å². The maximum atomic E-state index is 5.31. The Bertz CT molecular complexity index is 768. The minimum Gasteiger partial charge on any atom is -0.497 e. The third kappa shape index (κ3) is 2.73. The number of hydrogen-bond donors (Lipinski definition) is 1. The first kappa shape index (κ1) is 13.6. The highest BCUT2D eigenvalue weighted by atomic mass is 16.5. The zero-order chi connectivity index (χ0) is 14.7. The van der Waals surface area contributed by atoms with Crippen molar-refractivity contribution >= 4 is 10.9 Å². The molecular weight excluding hydrogens is 260 g/mol. The quantitative estimate of drug-likeness (QED) is 0.791. The molecule has 2 aromatic carbocycles. The van der Waals surface area contributed by atoms with Gasteiger partial charge in [0.25, 0.3) is 0 Å². The van der Waals surface area contributed by atoms with Gasteiger partial charge in [-0.25, -0.2) is 4.98 Å². The van der Waals surface area contributed by atoms with Gasteiger partial charge in [-0.1, -0.05) is 24.3 Å². The number of ether oxygens (including phenoxy) is 1. The van der Waals surface area contributed by atoms with Gasteiger partial charge in [0.05, 0.1) is 18.3 Å². The molecule has 1 aromatic heterocycles. The molecule has 0 bridgehead atoms. The summed E-state index contributed by atoms with van der Waals surface area (Å²) in [5, 5.41) is 4.36. The fraction of sp³-hybridized carbons (Fsp3) is 0.167. The summed E-state index contributed by atoms with van der Waals surface area (Å²) in [6.07, 6.45) is 0. The summed E-state index contributed by atoms with van der Waals surface area (Å²) >= 11 is 0. The molecule has 106 valence electrons. The van der Waals surface area contributed by atoms with E-state index >= 15 is 0 Å². The summed E-state index contributed by atoms with van der Waals surface area (Å²) in [5.41, 5.74) is 4.32. The lowest BCUT2D eigenvalue weighted by Crippen LogP contribution is -2.07. The van der Waals surface area contributed by atoms with Crippen molar-refractivity contribution in [1.29, 1.82) is 0 Å². The van der Waals surface area contributed by atoms with E-state index in [1.54, 1.807) is 7.11 Å². The SMILES string of the molecule is CNCc1cc(OC)ccc1-c1ccc2ccccc2n1. The van der Waals surface area contributed by atoms with E-state index in [0.717, 1.165) is 34.5 Å². The van der Waals surface area contributed by atoms with E-state index < -0.39 is 0 Å². The van der Waals surface area contributed by atoms with Gasteiger partial charge in [-0.15, -0.1) is 0 Å². The Morgan fingerprint density at radius 1 is 1.05 bits per heavy atom. The number of hydrogen-bond acceptors (Lipinski definition) is 3. The van der Waals surface area contributed by atoms with Crippen LogP contribution >= 0.6 is 0 Å². The van der Waals surface area contributed by atoms with Gasteiger partial charge in [-0.05, 0) is 42.9 Å². The van der Waals surface area contributed by atoms with Gasteiger partial charge in [-0.3, -0.25) is 0 Å². The molecule has 0 fully saturated rings. The summed E-state index contributed by atoms with van der Waals surface area (Å²) < 4.78 is 5.31. The van der Waals surface area contributed by atoms with E-state index in [1.807, 2.05) is 31.3 Å². The van der Waals surface area contributed by atoms with Crippen molar-refractivity contribution in [1.82, 2.24) is 10.3 Å². The predicted octanol–water partition coefficient (Wildman–Crippen LogP) is 3.63. The minimum absolute atomic E-state index is 0.779. The summed E-state index contributed by atoms with van der Waals surface area (Å²) in [5.74, 6) is 0.866. The van der Waals surface area contributed by atoms with Crippen molar-refractivity contribution in [3.8, 4) is 17.0 Å². The van der Waals surface area contributed by atoms with Crippen LogP contribution in [0.25, 0.3) is 22.2 Å². The monoisotopic (exact) mass is 278 g/mol. The molecule has 0 aliphatic rings. The van der Waals surface area contributed by atoms with Crippen LogP contribution in [0.2, 0.25) is 0 Å². The van der Waals surface area contributed by atoms with Gasteiger partial charge in [0.2, 0.25) is 0 Å². The molecule has 1 N–H and O–H groups in total. The van der Waals surface area contributed by atoms with Crippen molar-refractivity contribution in [3.63, 3.8) is 0 Å². The molecule has 3 aromatic rings. The Kier molecular flexibility index (Phi) is 3.84. The Balaban J connectivity index is 2.12. The molecule has 0 radical (unpaired) electrons. The van der Waals surface area contributed by atoms with Gasteiger partial charge >= 0.3 is 0 Å². The number of para-hydroxylation sites is 1. The maximum absolute atomic E-state index is 5.31. The lowest BCUT2D eigenvalue weighted by Gasteiger charge is -2.11. The van der Waals surface area contributed by atoms with Crippen LogP contribution in [-0.4, -0.2) is 19.1 Å². The zero-order valence-electron chi connectivity index (χ0n) is 12.3. The van der Waals surface area contributed by atoms with Crippen LogP contribution in [0.1, 0.15) is 5.56 Å². The van der Waals surface area contributed by atoms with E-state index in [2.05, 4.69) is 35.6 Å². The van der Waals surface area contributed by atoms with Crippen LogP contribution < -0.4 is 10.1 Å². The molecular formula is C18H18N2O. The largest absolute Gasteiger partial charge is 0.497 e. The van der Waals surface area contributed by atoms with E-state index in [9.17, 15) is 0 Å². The zero-order valence-corrected chi connectivity index (χ0v) is 12.3. The molecule has 0 saturated heterocycles. The van der Waals surface area contributed by atoms with Crippen molar-refractivity contribution in [3.05, 3.63) is 60.2 Å². The van der Waals surface area contributed by atoms with Crippen LogP contribution in [0.5, 0.6) is 5.75 Å². The Hall–Kier alpha value is -2.39. The second kappa shape index (κ2) is 5.94. The lowest BCUT2D eigenvalue weighted by atomic mass is 10.0. The van der Waals surface area contributed by atoms with Gasteiger partial charge in [-0.2, -0.15) is 0 Å². The summed E-state index contributed by atoms with van der Waals surface area (Å²) in [6, 6.07) is 18.5. The molecule has 3 heteroatoms. The Morgan fingerprint density at radius 3 is 2.71 bits per heavy atom. The molecule has 0 spiro atoms. The molecule has 0 amide bonds. The van der Waals surface area contributed by atoms with Crippen molar-refractivity contribution in [2.75, 3.05) is 14.2 Å². The lowest BCUT2D eigenvalue weighted by molar-refractivity contribution is 0.414. The molecule has 0 unspecified atom stereocenters. The Morgan fingerprint density at radius 2 is 1.90 bits per heavy atom. The van der Waals surface area contributed by atoms with Gasteiger partial charge < -0.3 is 10.1 Å². The highest BCUT2D eigenvalue weighted by Crippen LogP contribution is 2.27. The summed E-state index contributed by atoms with van der Waals surface area (Å²) in [6.45, 7) is 0.779. The number of methoxy groups -OCH3 is 1. The van der Waals surface area contributed by atoms with E-state index in [1.165, 1.54) is 5.56 Å². The van der Waals surface area contributed by atoms with E-state index in [-0.39, 0.29) is 0 Å². The third-order valence-electron chi connectivity index (χ3n) is 3.55. The molecule has 1 heterocycles. The van der Waals surface area contributed by atoms with Crippen LogP contribution in [-0.2, 0) is 6.54 Å². The van der Waals surface area contributed by atoms with Crippen LogP contribution in [0.15, 0.2) is 54.6 Å². The molecule has 0 atom stereocenters. The molecule has 0 aliphatic heterocycles. The number of nitrogens with zero attached hydrogens (tertiary/aromatic N) is 1. The fourth-order valence-corrected chi connectivity index (χ4v) is 2.50. The smallest absolute Gasteiger partial charge is 0.119 e. The number of aromatic nitrogens is 1. The number of rotatable bonds is 4. The fourth-order valence-electron chi connectivity index (χ4n) is 2.50. The first-order chi connectivity index (χ1) is 10.3. The van der Waals surface area contributed by atoms with E-state index in [4.69, 9.17) is 9.72 Å². The van der Waals surface area contributed by atoms with Gasteiger partial charge in [0.15, 0.2) is 0 Å². The number of benzene rings is 2. The number of nitrogens with one attached hydrogen (secondary N) is 1. The second-order valence-corrected chi connectivity index (χ2v) is 4.94. The summed E-state index contributed by atoms with van der Waals surface area (Å²) in [4.78, 5) is 4.78. The molecule has 0 aliphatic carbocycles. The maximum Gasteiger partial charge on any atom is 0.119 e. The van der Waals surface area contributed by atoms with Gasteiger partial charge in [0.1, 0.15) is 5.75 Å².